The van der Waals surface area contributed by atoms with E-state index in [2.05, 4.69) is 30.9 Å². The summed E-state index contributed by atoms with van der Waals surface area (Å²) in [4.78, 5) is 35.4. The van der Waals surface area contributed by atoms with Gasteiger partial charge in [-0.3, -0.25) is 14.2 Å². The number of imidazole rings is 1. The van der Waals surface area contributed by atoms with E-state index >= 15 is 0 Å². The normalized spacial score (nSPS) is 25.2. The molecule has 1 aliphatic heterocycles. The third kappa shape index (κ3) is 3.83. The van der Waals surface area contributed by atoms with Crippen LogP contribution in [0, 0.1) is 0 Å². The predicted molar refractivity (Wildman–Crippen MR) is 97.3 cm³/mol. The monoisotopic (exact) mass is 461 g/mol. The third-order valence-corrected chi connectivity index (χ3v) is 5.34. The zero-order valence-electron chi connectivity index (χ0n) is 13.7. The smallest absolute Gasteiger partial charge is 0.209 e. The van der Waals surface area contributed by atoms with Gasteiger partial charge in [0.25, 0.3) is 0 Å². The van der Waals surface area contributed by atoms with Crippen molar-refractivity contribution < 1.29 is 29.6 Å². The fourth-order valence-electron chi connectivity index (χ4n) is 2.56. The SMILES string of the molecule is Nc1nc(SCC(=O)C(=O)CBr)nc2c1ncn2[C@@H]1O[C@H](CO)C(O)C1O. The highest BCUT2D eigenvalue weighted by Crippen LogP contribution is 2.32. The fraction of sp³-hybridized carbons (Fsp3) is 0.500. The van der Waals surface area contributed by atoms with Crippen LogP contribution in [0.5, 0.6) is 0 Å². The molecule has 146 valence electrons. The summed E-state index contributed by atoms with van der Waals surface area (Å²) < 4.78 is 6.84. The minimum atomic E-state index is -1.31. The van der Waals surface area contributed by atoms with Gasteiger partial charge in [-0.1, -0.05) is 27.7 Å². The van der Waals surface area contributed by atoms with Crippen molar-refractivity contribution in [1.82, 2.24) is 19.5 Å². The lowest BCUT2D eigenvalue weighted by Crippen LogP contribution is -2.33. The number of rotatable bonds is 7. The van der Waals surface area contributed by atoms with Crippen molar-refractivity contribution in [3.63, 3.8) is 0 Å². The molecule has 0 radical (unpaired) electrons. The van der Waals surface area contributed by atoms with Gasteiger partial charge in [0.05, 0.1) is 24.0 Å². The first-order valence-electron chi connectivity index (χ1n) is 7.74. The minimum absolute atomic E-state index is 0.0484. The van der Waals surface area contributed by atoms with Crippen molar-refractivity contribution in [1.29, 1.82) is 0 Å². The van der Waals surface area contributed by atoms with Crippen molar-refractivity contribution in [3.8, 4) is 0 Å². The van der Waals surface area contributed by atoms with Crippen molar-refractivity contribution >= 4 is 56.2 Å². The Balaban J connectivity index is 1.89. The van der Waals surface area contributed by atoms with E-state index in [-0.39, 0.29) is 33.2 Å². The number of nitrogen functional groups attached to an aromatic ring is 1. The van der Waals surface area contributed by atoms with Crippen molar-refractivity contribution in [3.05, 3.63) is 6.33 Å². The van der Waals surface area contributed by atoms with Gasteiger partial charge >= 0.3 is 0 Å². The molecule has 4 atom stereocenters. The molecular weight excluding hydrogens is 446 g/mol. The van der Waals surface area contributed by atoms with Crippen LogP contribution in [0.4, 0.5) is 5.82 Å². The van der Waals surface area contributed by atoms with Gasteiger partial charge in [-0.25, -0.2) is 15.0 Å². The lowest BCUT2D eigenvalue weighted by atomic mass is 10.1. The molecule has 0 aliphatic carbocycles. The molecule has 2 aromatic rings. The van der Waals surface area contributed by atoms with E-state index in [1.54, 1.807) is 0 Å². The zero-order chi connectivity index (χ0) is 19.7. The summed E-state index contributed by atoms with van der Waals surface area (Å²) in [5.41, 5.74) is 6.36. The summed E-state index contributed by atoms with van der Waals surface area (Å²) in [5.74, 6) is -1.26. The number of carbonyl (C=O) groups excluding carboxylic acids is 2. The molecule has 0 spiro atoms. The summed E-state index contributed by atoms with van der Waals surface area (Å²) in [5, 5.41) is 29.4. The standard InChI is InChI=1S/C14H16BrN5O6S/c15-1-5(22)6(23)3-27-14-18-11(16)8-12(19-14)20(4-17-8)13-10(25)9(24)7(2-21)26-13/h4,7,9-10,13,21,24-25H,1-3H2,(H2,16,18,19)/t7-,9?,10?,13-/m1/s1. The number of ketones is 2. The van der Waals surface area contributed by atoms with Crippen LogP contribution in [0.2, 0.25) is 0 Å². The molecule has 0 bridgehead atoms. The highest BCUT2D eigenvalue weighted by Gasteiger charge is 2.44. The Morgan fingerprint density at radius 1 is 1.30 bits per heavy atom. The lowest BCUT2D eigenvalue weighted by molar-refractivity contribution is -0.133. The Kier molecular flexibility index (Phi) is 6.08. The molecule has 3 heterocycles. The Morgan fingerprint density at radius 3 is 2.67 bits per heavy atom. The van der Waals surface area contributed by atoms with Crippen molar-refractivity contribution in [2.45, 2.75) is 29.7 Å². The Morgan fingerprint density at radius 2 is 2.04 bits per heavy atom. The van der Waals surface area contributed by atoms with Crippen LogP contribution in [-0.2, 0) is 14.3 Å². The molecule has 1 aliphatic rings. The maximum absolute atomic E-state index is 11.7. The van der Waals surface area contributed by atoms with Crippen LogP contribution in [0.25, 0.3) is 11.2 Å². The predicted octanol–water partition coefficient (Wildman–Crippen LogP) is -1.35. The van der Waals surface area contributed by atoms with Gasteiger partial charge < -0.3 is 25.8 Å². The number of aliphatic hydroxyl groups excluding tert-OH is 3. The number of carbonyl (C=O) groups is 2. The van der Waals surface area contributed by atoms with E-state index in [9.17, 15) is 24.9 Å². The van der Waals surface area contributed by atoms with Gasteiger partial charge in [-0.05, 0) is 0 Å². The van der Waals surface area contributed by atoms with E-state index in [1.807, 2.05) is 0 Å². The molecule has 1 saturated heterocycles. The Hall–Kier alpha value is -1.64. The summed E-state index contributed by atoms with van der Waals surface area (Å²) >= 11 is 3.87. The molecule has 0 saturated carbocycles. The molecule has 27 heavy (non-hydrogen) atoms. The van der Waals surface area contributed by atoms with Crippen LogP contribution in [0.3, 0.4) is 0 Å². The summed E-state index contributed by atoms with van der Waals surface area (Å²) in [6.07, 6.45) is -3.26. The number of aromatic nitrogens is 4. The number of Topliss-reactive ketones (excluding diaryl/α,β-unsaturated/α-hetero) is 2. The number of hydrogen-bond acceptors (Lipinski definition) is 11. The molecule has 2 aromatic heterocycles. The minimum Gasteiger partial charge on any atom is -0.394 e. The summed E-state index contributed by atoms with van der Waals surface area (Å²) in [7, 11) is 0. The number of halogens is 1. The van der Waals surface area contributed by atoms with Gasteiger partial charge in [0.2, 0.25) is 11.6 Å². The molecule has 5 N–H and O–H groups in total. The van der Waals surface area contributed by atoms with Gasteiger partial charge in [-0.2, -0.15) is 0 Å². The van der Waals surface area contributed by atoms with Gasteiger partial charge in [0, 0.05) is 0 Å². The fourth-order valence-corrected chi connectivity index (χ4v) is 3.61. The van der Waals surface area contributed by atoms with E-state index < -0.39 is 42.7 Å². The van der Waals surface area contributed by atoms with E-state index in [0.29, 0.717) is 0 Å². The number of ether oxygens (including phenoxy) is 1. The zero-order valence-corrected chi connectivity index (χ0v) is 16.1. The first kappa shape index (κ1) is 20.1. The second-order valence-corrected chi connectivity index (χ2v) is 7.22. The number of nitrogens with two attached hydrogens (primary N) is 1. The maximum Gasteiger partial charge on any atom is 0.209 e. The van der Waals surface area contributed by atoms with Crippen LogP contribution < -0.4 is 5.73 Å². The average molecular weight is 462 g/mol. The number of anilines is 1. The highest BCUT2D eigenvalue weighted by molar-refractivity contribution is 9.09. The van der Waals surface area contributed by atoms with Gasteiger partial charge in [0.1, 0.15) is 23.8 Å². The molecule has 1 fully saturated rings. The molecule has 0 aromatic carbocycles. The van der Waals surface area contributed by atoms with Gasteiger partial charge in [-0.15, -0.1) is 0 Å². The topological polar surface area (TPSA) is 174 Å². The number of thioether (sulfide) groups is 1. The van der Waals surface area contributed by atoms with E-state index in [0.717, 1.165) is 11.8 Å². The maximum atomic E-state index is 11.7. The number of aliphatic hydroxyl groups is 3. The van der Waals surface area contributed by atoms with Crippen LogP contribution in [0.15, 0.2) is 11.5 Å². The number of hydrogen-bond donors (Lipinski definition) is 4. The third-order valence-electron chi connectivity index (χ3n) is 3.98. The first-order valence-corrected chi connectivity index (χ1v) is 9.85. The van der Waals surface area contributed by atoms with Crippen molar-refractivity contribution in [2.75, 3.05) is 23.4 Å². The van der Waals surface area contributed by atoms with Crippen molar-refractivity contribution in [2.24, 2.45) is 0 Å². The van der Waals surface area contributed by atoms with E-state index in [4.69, 9.17) is 10.5 Å². The Labute approximate surface area is 165 Å². The van der Waals surface area contributed by atoms with E-state index in [1.165, 1.54) is 10.9 Å². The largest absolute Gasteiger partial charge is 0.394 e. The number of fused-ring (bicyclic) bond motifs is 1. The number of nitrogens with zero attached hydrogens (tertiary/aromatic N) is 4. The van der Waals surface area contributed by atoms with Crippen LogP contribution >= 0.6 is 27.7 Å². The molecule has 13 heteroatoms. The number of alkyl halides is 1. The van der Waals surface area contributed by atoms with Crippen LogP contribution in [-0.4, -0.2) is 82.4 Å². The molecular formula is C14H16BrN5O6S. The summed E-state index contributed by atoms with van der Waals surface area (Å²) in [6, 6.07) is 0. The van der Waals surface area contributed by atoms with Crippen LogP contribution in [0.1, 0.15) is 6.23 Å². The molecule has 3 rings (SSSR count). The Bertz CT molecular complexity index is 879. The lowest BCUT2D eigenvalue weighted by Gasteiger charge is -2.16. The molecule has 2 unspecified atom stereocenters. The van der Waals surface area contributed by atoms with Gasteiger partial charge in [0.15, 0.2) is 22.8 Å². The second kappa shape index (κ2) is 8.16. The average Bonchev–Trinajstić information content (AvgIpc) is 3.21. The highest BCUT2D eigenvalue weighted by atomic mass is 79.9. The first-order chi connectivity index (χ1) is 12.9. The summed E-state index contributed by atoms with van der Waals surface area (Å²) in [6.45, 7) is -0.469. The molecule has 11 nitrogen and oxygen atoms in total. The molecule has 0 amide bonds. The quantitative estimate of drug-likeness (QED) is 0.166. The second-order valence-electron chi connectivity index (χ2n) is 5.71.